The summed E-state index contributed by atoms with van der Waals surface area (Å²) in [6.07, 6.45) is 4.66. The number of carbonyl (C=O) groups excluding carboxylic acids is 1. The molecule has 2 aliphatic heterocycles. The van der Waals surface area contributed by atoms with Crippen molar-refractivity contribution in [3.8, 4) is 11.5 Å². The van der Waals surface area contributed by atoms with Crippen molar-refractivity contribution in [1.29, 1.82) is 0 Å². The molecule has 2 aliphatic rings. The average molecular weight is 359 g/mol. The van der Waals surface area contributed by atoms with Gasteiger partial charge in [-0.15, -0.1) is 11.3 Å². The van der Waals surface area contributed by atoms with Crippen LogP contribution in [0.1, 0.15) is 21.7 Å². The Labute approximate surface area is 151 Å². The van der Waals surface area contributed by atoms with Crippen LogP contribution in [0.4, 0.5) is 5.69 Å². The highest BCUT2D eigenvalue weighted by molar-refractivity contribution is 7.12. The highest BCUT2D eigenvalue weighted by atomic mass is 32.1. The highest BCUT2D eigenvalue weighted by Crippen LogP contribution is 2.40. The maximum absolute atomic E-state index is 13.0. The summed E-state index contributed by atoms with van der Waals surface area (Å²) in [5.74, 6) is 1.36. The van der Waals surface area contributed by atoms with Crippen molar-refractivity contribution < 1.29 is 14.3 Å². The Kier molecular flexibility index (Phi) is 4.48. The number of anilines is 1. The molecular formula is C18H21N3O3S. The number of nitrogens with zero attached hydrogens (tertiary/aromatic N) is 3. The van der Waals surface area contributed by atoms with Crippen LogP contribution in [0.15, 0.2) is 23.8 Å². The number of pyridine rings is 1. The van der Waals surface area contributed by atoms with Crippen molar-refractivity contribution in [3.63, 3.8) is 0 Å². The Morgan fingerprint density at radius 3 is 2.96 bits per heavy atom. The van der Waals surface area contributed by atoms with Gasteiger partial charge in [-0.05, 0) is 25.0 Å². The molecular weight excluding hydrogens is 338 g/mol. The van der Waals surface area contributed by atoms with Gasteiger partial charge in [-0.2, -0.15) is 0 Å². The fraction of sp³-hybridized carbons (Fsp3) is 0.444. The second-order valence-electron chi connectivity index (χ2n) is 6.25. The van der Waals surface area contributed by atoms with Crippen molar-refractivity contribution in [2.24, 2.45) is 0 Å². The van der Waals surface area contributed by atoms with Crippen LogP contribution in [0.25, 0.3) is 0 Å². The molecule has 7 heteroatoms. The average Bonchev–Trinajstić information content (AvgIpc) is 2.91. The molecule has 1 saturated heterocycles. The minimum Gasteiger partial charge on any atom is -0.485 e. The van der Waals surface area contributed by atoms with E-state index in [4.69, 9.17) is 9.47 Å². The van der Waals surface area contributed by atoms with E-state index in [9.17, 15) is 4.79 Å². The van der Waals surface area contributed by atoms with Crippen LogP contribution in [-0.2, 0) is 0 Å². The molecule has 2 aromatic rings. The smallest absolute Gasteiger partial charge is 0.267 e. The predicted octanol–water partition coefficient (Wildman–Crippen LogP) is 2.58. The summed E-state index contributed by atoms with van der Waals surface area (Å²) in [4.78, 5) is 22.1. The molecule has 0 aliphatic carbocycles. The Morgan fingerprint density at radius 2 is 2.08 bits per heavy atom. The fourth-order valence-corrected chi connectivity index (χ4v) is 4.23. The van der Waals surface area contributed by atoms with Gasteiger partial charge in [-0.25, -0.2) is 0 Å². The van der Waals surface area contributed by atoms with Gasteiger partial charge < -0.3 is 19.3 Å². The minimum absolute atomic E-state index is 0.0463. The van der Waals surface area contributed by atoms with Crippen LogP contribution in [0.2, 0.25) is 0 Å². The van der Waals surface area contributed by atoms with Gasteiger partial charge in [-0.3, -0.25) is 9.78 Å². The molecule has 25 heavy (non-hydrogen) atoms. The monoisotopic (exact) mass is 359 g/mol. The summed E-state index contributed by atoms with van der Waals surface area (Å²) >= 11 is 1.41. The number of amides is 1. The molecule has 1 amide bonds. The first-order chi connectivity index (χ1) is 12.2. The Hall–Kier alpha value is -2.28. The van der Waals surface area contributed by atoms with Crippen LogP contribution in [-0.4, -0.2) is 55.2 Å². The van der Waals surface area contributed by atoms with Crippen molar-refractivity contribution in [3.05, 3.63) is 34.3 Å². The second-order valence-corrected chi connectivity index (χ2v) is 7.13. The largest absolute Gasteiger partial charge is 0.485 e. The molecule has 0 unspecified atom stereocenters. The number of aryl methyl sites for hydroxylation is 1. The van der Waals surface area contributed by atoms with Gasteiger partial charge in [0.15, 0.2) is 11.5 Å². The molecule has 0 saturated carbocycles. The van der Waals surface area contributed by atoms with Crippen LogP contribution in [0, 0.1) is 6.92 Å². The third-order valence-electron chi connectivity index (χ3n) is 4.61. The first kappa shape index (κ1) is 16.2. The van der Waals surface area contributed by atoms with Crippen molar-refractivity contribution in [1.82, 2.24) is 9.88 Å². The Morgan fingerprint density at radius 1 is 1.20 bits per heavy atom. The standard InChI is InChI=1S/C18H21N3O3S/c1-13-11-19-4-3-14(13)20-5-2-6-21(8-7-20)18(22)17-16-15(12-25-17)23-9-10-24-16/h3-4,11-12H,2,5-10H2,1H3. The third-order valence-corrected chi connectivity index (χ3v) is 5.54. The van der Waals surface area contributed by atoms with E-state index in [0.29, 0.717) is 36.1 Å². The summed E-state index contributed by atoms with van der Waals surface area (Å²) in [5.41, 5.74) is 2.37. The van der Waals surface area contributed by atoms with E-state index in [0.717, 1.165) is 26.1 Å². The van der Waals surface area contributed by atoms with E-state index in [1.165, 1.54) is 22.6 Å². The molecule has 0 radical (unpaired) electrons. The van der Waals surface area contributed by atoms with Crippen molar-refractivity contribution >= 4 is 22.9 Å². The van der Waals surface area contributed by atoms with Crippen molar-refractivity contribution in [2.75, 3.05) is 44.3 Å². The summed E-state index contributed by atoms with van der Waals surface area (Å²) in [7, 11) is 0. The number of thiophene rings is 1. The molecule has 0 aromatic carbocycles. The molecule has 2 aromatic heterocycles. The van der Waals surface area contributed by atoms with Crippen LogP contribution >= 0.6 is 11.3 Å². The molecule has 0 atom stereocenters. The normalized spacial score (nSPS) is 17.3. The summed E-state index contributed by atoms with van der Waals surface area (Å²) in [5, 5.41) is 1.87. The summed E-state index contributed by atoms with van der Waals surface area (Å²) in [6.45, 7) is 6.34. The highest BCUT2D eigenvalue weighted by Gasteiger charge is 2.28. The van der Waals surface area contributed by atoms with Gasteiger partial charge in [0.2, 0.25) is 0 Å². The zero-order valence-electron chi connectivity index (χ0n) is 14.2. The van der Waals surface area contributed by atoms with Crippen LogP contribution in [0.5, 0.6) is 11.5 Å². The van der Waals surface area contributed by atoms with Crippen molar-refractivity contribution in [2.45, 2.75) is 13.3 Å². The lowest BCUT2D eigenvalue weighted by Crippen LogP contribution is -2.35. The van der Waals surface area contributed by atoms with Gasteiger partial charge in [0, 0.05) is 49.6 Å². The number of carbonyl (C=O) groups is 1. The number of fused-ring (bicyclic) bond motifs is 1. The van der Waals surface area contributed by atoms with Crippen LogP contribution in [0.3, 0.4) is 0 Å². The molecule has 0 bridgehead atoms. The molecule has 1 fully saturated rings. The van der Waals surface area contributed by atoms with Crippen LogP contribution < -0.4 is 14.4 Å². The lowest BCUT2D eigenvalue weighted by atomic mass is 10.2. The quantitative estimate of drug-likeness (QED) is 0.825. The maximum Gasteiger partial charge on any atom is 0.267 e. The van der Waals surface area contributed by atoms with Gasteiger partial charge in [0.1, 0.15) is 18.1 Å². The third kappa shape index (κ3) is 3.16. The molecule has 0 N–H and O–H groups in total. The number of rotatable bonds is 2. The SMILES string of the molecule is Cc1cnccc1N1CCCN(C(=O)c2scc3c2OCCO3)CC1. The van der Waals surface area contributed by atoms with Gasteiger partial charge in [-0.1, -0.05) is 0 Å². The number of ether oxygens (including phenoxy) is 2. The molecule has 6 nitrogen and oxygen atoms in total. The van der Waals surface area contributed by atoms with Gasteiger partial charge in [0.25, 0.3) is 5.91 Å². The first-order valence-corrected chi connectivity index (χ1v) is 9.44. The second kappa shape index (κ2) is 6.92. The van der Waals surface area contributed by atoms with E-state index >= 15 is 0 Å². The topological polar surface area (TPSA) is 54.9 Å². The van der Waals surface area contributed by atoms with E-state index in [-0.39, 0.29) is 5.91 Å². The summed E-state index contributed by atoms with van der Waals surface area (Å²) in [6, 6.07) is 2.05. The lowest BCUT2D eigenvalue weighted by Gasteiger charge is -2.25. The number of aromatic nitrogens is 1. The Bertz CT molecular complexity index is 777. The molecule has 132 valence electrons. The predicted molar refractivity (Wildman–Crippen MR) is 97.0 cm³/mol. The van der Waals surface area contributed by atoms with Gasteiger partial charge >= 0.3 is 0 Å². The zero-order valence-corrected chi connectivity index (χ0v) is 15.1. The van der Waals surface area contributed by atoms with E-state index < -0.39 is 0 Å². The Balaban J connectivity index is 1.48. The maximum atomic E-state index is 13.0. The van der Waals surface area contributed by atoms with E-state index in [2.05, 4.69) is 16.8 Å². The molecule has 4 heterocycles. The van der Waals surface area contributed by atoms with E-state index in [1.807, 2.05) is 28.7 Å². The molecule has 4 rings (SSSR count). The summed E-state index contributed by atoms with van der Waals surface area (Å²) < 4.78 is 11.2. The lowest BCUT2D eigenvalue weighted by molar-refractivity contribution is 0.0763. The number of hydrogen-bond acceptors (Lipinski definition) is 6. The fourth-order valence-electron chi connectivity index (χ4n) is 3.34. The first-order valence-electron chi connectivity index (χ1n) is 8.56. The minimum atomic E-state index is 0.0463. The van der Waals surface area contributed by atoms with Gasteiger partial charge in [0.05, 0.1) is 0 Å². The molecule has 0 spiro atoms. The van der Waals surface area contributed by atoms with E-state index in [1.54, 1.807) is 0 Å². The number of hydrogen-bond donors (Lipinski definition) is 0. The zero-order chi connectivity index (χ0) is 17.2.